The Morgan fingerprint density at radius 2 is 1.94 bits per heavy atom. The Labute approximate surface area is 94.6 Å². The van der Waals surface area contributed by atoms with Crippen molar-refractivity contribution in [1.29, 1.82) is 0 Å². The second-order valence-corrected chi connectivity index (χ2v) is 4.24. The van der Waals surface area contributed by atoms with Crippen molar-refractivity contribution in [1.82, 2.24) is 10.2 Å². The fourth-order valence-corrected chi connectivity index (χ4v) is 1.78. The van der Waals surface area contributed by atoms with E-state index in [2.05, 4.69) is 14.9 Å². The Bertz CT molecular complexity index is 316. The van der Waals surface area contributed by atoms with Crippen LogP contribution in [-0.2, 0) is 17.8 Å². The van der Waals surface area contributed by atoms with E-state index < -0.39 is 12.8 Å². The van der Waals surface area contributed by atoms with Gasteiger partial charge in [0.15, 0.2) is 0 Å². The zero-order valence-corrected chi connectivity index (χ0v) is 9.27. The minimum absolute atomic E-state index is 0.153. The van der Waals surface area contributed by atoms with Gasteiger partial charge in [-0.25, -0.2) is 0 Å². The van der Waals surface area contributed by atoms with Crippen LogP contribution in [0.3, 0.4) is 0 Å². The third-order valence-electron chi connectivity index (χ3n) is 1.59. The first-order valence-corrected chi connectivity index (χ1v) is 5.49. The number of hydrogen-bond donors (Lipinski definition) is 1. The highest BCUT2D eigenvalue weighted by Crippen LogP contribution is 2.17. The molecule has 8 heteroatoms. The molecule has 0 unspecified atom stereocenters. The number of hydrogen-bond acceptors (Lipinski definition) is 5. The van der Waals surface area contributed by atoms with Crippen molar-refractivity contribution in [2.75, 3.05) is 13.2 Å². The summed E-state index contributed by atoms with van der Waals surface area (Å²) in [5.74, 6) is 0. The minimum Gasteiger partial charge on any atom is -0.365 e. The summed E-state index contributed by atoms with van der Waals surface area (Å²) in [5, 5.41) is 8.77. The molecule has 0 aromatic carbocycles. The molecule has 1 aromatic rings. The van der Waals surface area contributed by atoms with Crippen molar-refractivity contribution in [3.63, 3.8) is 0 Å². The molecule has 0 saturated heterocycles. The Morgan fingerprint density at radius 3 is 2.56 bits per heavy atom. The standard InChI is InChI=1S/C8H12F3N3OS/c9-8(10,11)5-15-4-7-14-13-6(16-7)2-1-3-12/h1-5,12H2. The van der Waals surface area contributed by atoms with Crippen LogP contribution in [0.1, 0.15) is 16.4 Å². The van der Waals surface area contributed by atoms with Crippen LogP contribution in [0.25, 0.3) is 0 Å². The third-order valence-corrected chi connectivity index (χ3v) is 2.55. The molecule has 0 atom stereocenters. The molecule has 2 N–H and O–H groups in total. The maximum absolute atomic E-state index is 11.8. The van der Waals surface area contributed by atoms with Gasteiger partial charge in [-0.3, -0.25) is 0 Å². The SMILES string of the molecule is NCCCc1nnc(COCC(F)(F)F)s1. The highest BCUT2D eigenvalue weighted by Gasteiger charge is 2.27. The van der Waals surface area contributed by atoms with Crippen molar-refractivity contribution >= 4 is 11.3 Å². The van der Waals surface area contributed by atoms with E-state index in [4.69, 9.17) is 5.73 Å². The molecule has 92 valence electrons. The van der Waals surface area contributed by atoms with Gasteiger partial charge in [0.05, 0.1) is 0 Å². The predicted molar refractivity (Wildman–Crippen MR) is 53.0 cm³/mol. The van der Waals surface area contributed by atoms with Crippen LogP contribution in [0.5, 0.6) is 0 Å². The summed E-state index contributed by atoms with van der Waals surface area (Å²) < 4.78 is 39.7. The average Bonchev–Trinajstić information content (AvgIpc) is 2.61. The lowest BCUT2D eigenvalue weighted by atomic mass is 10.3. The van der Waals surface area contributed by atoms with Crippen LogP contribution in [-0.4, -0.2) is 29.5 Å². The van der Waals surface area contributed by atoms with Crippen LogP contribution in [0.4, 0.5) is 13.2 Å². The van der Waals surface area contributed by atoms with Gasteiger partial charge in [-0.05, 0) is 13.0 Å². The minimum atomic E-state index is -4.30. The summed E-state index contributed by atoms with van der Waals surface area (Å²) in [4.78, 5) is 0. The largest absolute Gasteiger partial charge is 0.411 e. The molecule has 4 nitrogen and oxygen atoms in total. The Morgan fingerprint density at radius 1 is 1.25 bits per heavy atom. The number of alkyl halides is 3. The summed E-state index contributed by atoms with van der Waals surface area (Å²) in [5.41, 5.74) is 5.32. The molecule has 0 aliphatic heterocycles. The van der Waals surface area contributed by atoms with Gasteiger partial charge in [0.1, 0.15) is 23.2 Å². The zero-order valence-electron chi connectivity index (χ0n) is 8.46. The average molecular weight is 255 g/mol. The topological polar surface area (TPSA) is 61.0 Å². The van der Waals surface area contributed by atoms with Crippen molar-refractivity contribution in [3.8, 4) is 0 Å². The number of nitrogens with zero attached hydrogens (tertiary/aromatic N) is 2. The van der Waals surface area contributed by atoms with Gasteiger partial charge >= 0.3 is 6.18 Å². The van der Waals surface area contributed by atoms with Gasteiger partial charge in [0, 0.05) is 6.42 Å². The zero-order chi connectivity index (χ0) is 12.0. The number of aryl methyl sites for hydroxylation is 1. The summed E-state index contributed by atoms with van der Waals surface area (Å²) >= 11 is 1.25. The van der Waals surface area contributed by atoms with E-state index in [9.17, 15) is 13.2 Å². The molecule has 1 rings (SSSR count). The second-order valence-electron chi connectivity index (χ2n) is 3.09. The number of halogens is 3. The van der Waals surface area contributed by atoms with Crippen molar-refractivity contribution in [2.24, 2.45) is 5.73 Å². The Hall–Kier alpha value is -0.730. The van der Waals surface area contributed by atoms with E-state index in [-0.39, 0.29) is 6.61 Å². The summed E-state index contributed by atoms with van der Waals surface area (Å²) in [6.45, 7) is -0.857. The van der Waals surface area contributed by atoms with Crippen LogP contribution >= 0.6 is 11.3 Å². The Kier molecular flexibility index (Phi) is 5.10. The van der Waals surface area contributed by atoms with Crippen LogP contribution in [0.2, 0.25) is 0 Å². The first kappa shape index (κ1) is 13.3. The lowest BCUT2D eigenvalue weighted by Crippen LogP contribution is -2.16. The lowest BCUT2D eigenvalue weighted by Gasteiger charge is -2.04. The van der Waals surface area contributed by atoms with Crippen molar-refractivity contribution in [2.45, 2.75) is 25.6 Å². The van der Waals surface area contributed by atoms with E-state index in [1.807, 2.05) is 0 Å². The van der Waals surface area contributed by atoms with E-state index in [0.717, 1.165) is 11.4 Å². The number of aromatic nitrogens is 2. The lowest BCUT2D eigenvalue weighted by molar-refractivity contribution is -0.176. The van der Waals surface area contributed by atoms with E-state index in [1.54, 1.807) is 0 Å². The molecule has 0 fully saturated rings. The molecular weight excluding hydrogens is 243 g/mol. The van der Waals surface area contributed by atoms with Crippen LogP contribution in [0, 0.1) is 0 Å². The van der Waals surface area contributed by atoms with Gasteiger partial charge < -0.3 is 10.5 Å². The van der Waals surface area contributed by atoms with Crippen LogP contribution < -0.4 is 5.73 Å². The van der Waals surface area contributed by atoms with Gasteiger partial charge in [-0.1, -0.05) is 11.3 Å². The second kappa shape index (κ2) is 6.12. The summed E-state index contributed by atoms with van der Waals surface area (Å²) in [6.07, 6.45) is -2.81. The molecule has 1 aromatic heterocycles. The van der Waals surface area contributed by atoms with E-state index in [1.165, 1.54) is 11.3 Å². The molecule has 0 radical (unpaired) electrons. The predicted octanol–water partition coefficient (Wildman–Crippen LogP) is 1.51. The van der Waals surface area contributed by atoms with E-state index >= 15 is 0 Å². The van der Waals surface area contributed by atoms with Gasteiger partial charge in [-0.15, -0.1) is 10.2 Å². The van der Waals surface area contributed by atoms with E-state index in [0.29, 0.717) is 18.0 Å². The fraction of sp³-hybridized carbons (Fsp3) is 0.750. The van der Waals surface area contributed by atoms with Gasteiger partial charge in [-0.2, -0.15) is 13.2 Å². The Balaban J connectivity index is 2.29. The first-order chi connectivity index (χ1) is 7.51. The highest BCUT2D eigenvalue weighted by atomic mass is 32.1. The molecule has 0 aliphatic rings. The van der Waals surface area contributed by atoms with Gasteiger partial charge in [0.25, 0.3) is 0 Å². The molecule has 16 heavy (non-hydrogen) atoms. The number of ether oxygens (including phenoxy) is 1. The maximum atomic E-state index is 11.8. The summed E-state index contributed by atoms with van der Waals surface area (Å²) in [6, 6.07) is 0. The van der Waals surface area contributed by atoms with Crippen molar-refractivity contribution in [3.05, 3.63) is 10.0 Å². The molecule has 1 heterocycles. The number of nitrogens with two attached hydrogens (primary N) is 1. The third kappa shape index (κ3) is 5.38. The maximum Gasteiger partial charge on any atom is 0.411 e. The summed E-state index contributed by atoms with van der Waals surface area (Å²) in [7, 11) is 0. The molecule has 0 saturated carbocycles. The molecular formula is C8H12F3N3OS. The van der Waals surface area contributed by atoms with Gasteiger partial charge in [0.2, 0.25) is 0 Å². The quantitative estimate of drug-likeness (QED) is 0.837. The van der Waals surface area contributed by atoms with Crippen molar-refractivity contribution < 1.29 is 17.9 Å². The smallest absolute Gasteiger partial charge is 0.365 e. The first-order valence-electron chi connectivity index (χ1n) is 4.67. The fourth-order valence-electron chi connectivity index (χ4n) is 0.955. The molecule has 0 bridgehead atoms. The molecule has 0 aliphatic carbocycles. The normalized spacial score (nSPS) is 12.0. The number of rotatable bonds is 6. The molecule has 0 amide bonds. The monoisotopic (exact) mass is 255 g/mol. The molecule has 0 spiro atoms. The highest BCUT2D eigenvalue weighted by molar-refractivity contribution is 7.11. The van der Waals surface area contributed by atoms with Crippen LogP contribution in [0.15, 0.2) is 0 Å².